The number of carbonyl (C=O) groups is 1. The van der Waals surface area contributed by atoms with E-state index in [0.717, 1.165) is 56.6 Å². The van der Waals surface area contributed by atoms with Gasteiger partial charge in [-0.05, 0) is 92.2 Å². The first-order valence-electron chi connectivity index (χ1n) is 12.6. The van der Waals surface area contributed by atoms with Crippen molar-refractivity contribution < 1.29 is 14.4 Å². The van der Waals surface area contributed by atoms with Crippen LogP contribution in [0.2, 0.25) is 0 Å². The number of hydrogen-bond acceptors (Lipinski definition) is 3. The standard InChI is InChI=1S/C30H32FN3O2/c1-21-28(18-22-9-11-25(12-10-22)30(35)32-36)27-7-2-3-8-29(27)34(21)20-23-13-15-33(16-14-23)19-24-5-4-6-26(31)17-24/h2-12,17,23,36H,13-16,18-20H2,1H3,(H,32,35). The lowest BCUT2D eigenvalue weighted by molar-refractivity contribution is 0.0706. The predicted octanol–water partition coefficient (Wildman–Crippen LogP) is 5.71. The molecule has 1 fully saturated rings. The molecule has 0 spiro atoms. The number of para-hydroxylation sites is 1. The number of piperidine rings is 1. The molecule has 1 aliphatic heterocycles. The third-order valence-electron chi connectivity index (χ3n) is 7.50. The van der Waals surface area contributed by atoms with Crippen LogP contribution in [0.1, 0.15) is 45.6 Å². The van der Waals surface area contributed by atoms with Gasteiger partial charge in [0.15, 0.2) is 0 Å². The molecule has 5 rings (SSSR count). The van der Waals surface area contributed by atoms with E-state index >= 15 is 0 Å². The molecule has 36 heavy (non-hydrogen) atoms. The Morgan fingerprint density at radius 1 is 1.00 bits per heavy atom. The van der Waals surface area contributed by atoms with Crippen LogP contribution < -0.4 is 5.48 Å². The minimum atomic E-state index is -0.503. The van der Waals surface area contributed by atoms with E-state index in [4.69, 9.17) is 5.21 Å². The third kappa shape index (κ3) is 5.20. The molecule has 1 aliphatic rings. The number of hydroxylamine groups is 1. The Bertz CT molecular complexity index is 1350. The number of hydrogen-bond donors (Lipinski definition) is 2. The van der Waals surface area contributed by atoms with Gasteiger partial charge < -0.3 is 4.57 Å². The molecule has 0 atom stereocenters. The Morgan fingerprint density at radius 2 is 1.75 bits per heavy atom. The summed E-state index contributed by atoms with van der Waals surface area (Å²) in [5.41, 5.74) is 8.15. The van der Waals surface area contributed by atoms with E-state index in [9.17, 15) is 9.18 Å². The number of nitrogens with zero attached hydrogens (tertiary/aromatic N) is 2. The highest BCUT2D eigenvalue weighted by atomic mass is 19.1. The van der Waals surface area contributed by atoms with Gasteiger partial charge >= 0.3 is 0 Å². The summed E-state index contributed by atoms with van der Waals surface area (Å²) >= 11 is 0. The number of fused-ring (bicyclic) bond motifs is 1. The summed E-state index contributed by atoms with van der Waals surface area (Å²) < 4.78 is 16.0. The van der Waals surface area contributed by atoms with Crippen LogP contribution in [0.15, 0.2) is 72.8 Å². The average molecular weight is 486 g/mol. The second kappa shape index (κ2) is 10.6. The molecule has 186 valence electrons. The van der Waals surface area contributed by atoms with Gasteiger partial charge in [-0.1, -0.05) is 42.5 Å². The smallest absolute Gasteiger partial charge is 0.274 e. The van der Waals surface area contributed by atoms with Gasteiger partial charge in [-0.2, -0.15) is 0 Å². The average Bonchev–Trinajstić information content (AvgIpc) is 3.16. The van der Waals surface area contributed by atoms with Gasteiger partial charge in [0.1, 0.15) is 5.82 Å². The van der Waals surface area contributed by atoms with Gasteiger partial charge in [0.25, 0.3) is 5.91 Å². The molecule has 1 amide bonds. The van der Waals surface area contributed by atoms with Gasteiger partial charge in [-0.3, -0.25) is 14.9 Å². The molecule has 0 radical (unpaired) electrons. The lowest BCUT2D eigenvalue weighted by Gasteiger charge is -2.32. The van der Waals surface area contributed by atoms with Crippen molar-refractivity contribution in [2.75, 3.05) is 13.1 Å². The predicted molar refractivity (Wildman–Crippen MR) is 140 cm³/mol. The minimum Gasteiger partial charge on any atom is -0.344 e. The number of nitrogens with one attached hydrogen (secondary N) is 1. The summed E-state index contributed by atoms with van der Waals surface area (Å²) in [6, 6.07) is 22.9. The van der Waals surface area contributed by atoms with E-state index in [1.165, 1.54) is 28.2 Å². The maximum Gasteiger partial charge on any atom is 0.274 e. The summed E-state index contributed by atoms with van der Waals surface area (Å²) in [7, 11) is 0. The monoisotopic (exact) mass is 485 g/mol. The van der Waals surface area contributed by atoms with Crippen LogP contribution in [0.3, 0.4) is 0 Å². The zero-order chi connectivity index (χ0) is 25.1. The number of likely N-dealkylation sites (tertiary alicyclic amines) is 1. The molecule has 2 N–H and O–H groups in total. The van der Waals surface area contributed by atoms with E-state index in [1.807, 2.05) is 18.2 Å². The molecular formula is C30H32FN3O2. The summed E-state index contributed by atoms with van der Waals surface area (Å²) in [6.45, 7) is 6.07. The van der Waals surface area contributed by atoms with Crippen molar-refractivity contribution in [3.63, 3.8) is 0 Å². The Morgan fingerprint density at radius 3 is 2.47 bits per heavy atom. The molecule has 6 heteroatoms. The molecule has 1 aromatic heterocycles. The number of halogens is 1. The zero-order valence-electron chi connectivity index (χ0n) is 20.6. The zero-order valence-corrected chi connectivity index (χ0v) is 20.6. The number of carbonyl (C=O) groups excluding carboxylic acids is 1. The number of aromatic nitrogens is 1. The Balaban J connectivity index is 1.29. The fourth-order valence-electron chi connectivity index (χ4n) is 5.48. The van der Waals surface area contributed by atoms with Crippen LogP contribution in [0.25, 0.3) is 10.9 Å². The lowest BCUT2D eigenvalue weighted by atomic mass is 9.96. The minimum absolute atomic E-state index is 0.167. The van der Waals surface area contributed by atoms with E-state index in [2.05, 4.69) is 40.7 Å². The normalized spacial score (nSPS) is 14.9. The molecular weight excluding hydrogens is 453 g/mol. The first-order chi connectivity index (χ1) is 17.5. The maximum absolute atomic E-state index is 13.5. The topological polar surface area (TPSA) is 57.5 Å². The Kier molecular flexibility index (Phi) is 7.16. The van der Waals surface area contributed by atoms with Crippen molar-refractivity contribution >= 4 is 16.8 Å². The van der Waals surface area contributed by atoms with Crippen molar-refractivity contribution in [2.24, 2.45) is 5.92 Å². The number of amides is 1. The molecule has 1 saturated heterocycles. The highest BCUT2D eigenvalue weighted by molar-refractivity contribution is 5.93. The molecule has 3 aromatic carbocycles. The lowest BCUT2D eigenvalue weighted by Crippen LogP contribution is -2.34. The van der Waals surface area contributed by atoms with E-state index in [-0.39, 0.29) is 5.82 Å². The van der Waals surface area contributed by atoms with Gasteiger partial charge in [0.05, 0.1) is 0 Å². The van der Waals surface area contributed by atoms with Crippen molar-refractivity contribution in [1.82, 2.24) is 14.9 Å². The fourth-order valence-corrected chi connectivity index (χ4v) is 5.48. The van der Waals surface area contributed by atoms with Crippen molar-refractivity contribution in [3.05, 3.63) is 107 Å². The summed E-state index contributed by atoms with van der Waals surface area (Å²) in [5, 5.41) is 10.1. The van der Waals surface area contributed by atoms with Crippen molar-refractivity contribution in [1.29, 1.82) is 0 Å². The summed E-state index contributed by atoms with van der Waals surface area (Å²) in [4.78, 5) is 14.1. The van der Waals surface area contributed by atoms with E-state index < -0.39 is 5.91 Å². The quantitative estimate of drug-likeness (QED) is 0.260. The summed E-state index contributed by atoms with van der Waals surface area (Å²) in [6.07, 6.45) is 3.04. The fraction of sp³-hybridized carbons (Fsp3) is 0.300. The maximum atomic E-state index is 13.5. The Labute approximate surface area is 211 Å². The number of rotatable bonds is 7. The largest absolute Gasteiger partial charge is 0.344 e. The van der Waals surface area contributed by atoms with Crippen LogP contribution >= 0.6 is 0 Å². The molecule has 4 aromatic rings. The van der Waals surface area contributed by atoms with E-state index in [1.54, 1.807) is 29.7 Å². The van der Waals surface area contributed by atoms with Gasteiger partial charge in [0, 0.05) is 35.2 Å². The number of benzene rings is 3. The van der Waals surface area contributed by atoms with Crippen LogP contribution in [0, 0.1) is 18.7 Å². The molecule has 0 aliphatic carbocycles. The highest BCUT2D eigenvalue weighted by Gasteiger charge is 2.22. The van der Waals surface area contributed by atoms with Crippen molar-refractivity contribution in [3.8, 4) is 0 Å². The Hall–Kier alpha value is -3.48. The first-order valence-corrected chi connectivity index (χ1v) is 12.6. The van der Waals surface area contributed by atoms with Gasteiger partial charge in [-0.25, -0.2) is 9.87 Å². The van der Waals surface area contributed by atoms with Crippen LogP contribution in [-0.4, -0.2) is 33.7 Å². The van der Waals surface area contributed by atoms with Crippen LogP contribution in [0.4, 0.5) is 4.39 Å². The molecule has 0 saturated carbocycles. The van der Waals surface area contributed by atoms with Gasteiger partial charge in [0.2, 0.25) is 0 Å². The molecule has 0 bridgehead atoms. The van der Waals surface area contributed by atoms with Crippen LogP contribution in [-0.2, 0) is 19.5 Å². The third-order valence-corrected chi connectivity index (χ3v) is 7.50. The summed E-state index contributed by atoms with van der Waals surface area (Å²) in [5.74, 6) is -0.0662. The SMILES string of the molecule is Cc1c(Cc2ccc(C(=O)NO)cc2)c2ccccc2n1CC1CCN(Cc2cccc(F)c2)CC1. The van der Waals surface area contributed by atoms with Gasteiger partial charge in [-0.15, -0.1) is 0 Å². The second-order valence-electron chi connectivity index (χ2n) is 9.86. The molecule has 0 unspecified atom stereocenters. The second-order valence-corrected chi connectivity index (χ2v) is 9.86. The molecule has 5 nitrogen and oxygen atoms in total. The van der Waals surface area contributed by atoms with Crippen molar-refractivity contribution in [2.45, 2.75) is 39.3 Å². The highest BCUT2D eigenvalue weighted by Crippen LogP contribution is 2.31. The van der Waals surface area contributed by atoms with E-state index in [0.29, 0.717) is 11.5 Å². The van der Waals surface area contributed by atoms with Crippen LogP contribution in [0.5, 0.6) is 0 Å². The first kappa shape index (κ1) is 24.2. The molecule has 2 heterocycles.